The molecule has 0 fully saturated rings. The molecule has 156 valence electrons. The second-order valence-electron chi connectivity index (χ2n) is 7.79. The maximum Gasteiger partial charge on any atom is 0.261 e. The lowest BCUT2D eigenvalue weighted by Gasteiger charge is -2.31. The largest absolute Gasteiger partial charge is 0.482 e. The van der Waals surface area contributed by atoms with Crippen LogP contribution in [0.5, 0.6) is 5.75 Å². The molecule has 2 aromatic rings. The molecule has 0 aliphatic rings. The highest BCUT2D eigenvalue weighted by Crippen LogP contribution is 2.23. The van der Waals surface area contributed by atoms with Crippen molar-refractivity contribution in [2.24, 2.45) is 0 Å². The topological polar surface area (TPSA) is 58.6 Å². The van der Waals surface area contributed by atoms with Crippen LogP contribution in [0.15, 0.2) is 53.0 Å². The minimum absolute atomic E-state index is 0.217. The summed E-state index contributed by atoms with van der Waals surface area (Å²) < 4.78 is 6.51. The Labute approximate surface area is 185 Å². The molecule has 0 saturated heterocycles. The molecular formula is C22H26BrClN2O3. The number of amides is 2. The smallest absolute Gasteiger partial charge is 0.261 e. The number of ether oxygens (including phenoxy) is 1. The van der Waals surface area contributed by atoms with Crippen LogP contribution in [0.2, 0.25) is 5.02 Å². The summed E-state index contributed by atoms with van der Waals surface area (Å²) in [7, 11) is 0. The number of halogens is 2. The zero-order valence-corrected chi connectivity index (χ0v) is 19.4. The van der Waals surface area contributed by atoms with Gasteiger partial charge in [0.15, 0.2) is 6.61 Å². The standard InChI is InChI=1S/C22H26BrClN2O3/c1-15(21(28)25-22(2,3)4)26(13-16-8-7-9-17(23)12-16)20(27)14-29-19-11-6-5-10-18(19)24/h5-12,15H,13-14H2,1-4H3,(H,25,28)/t15-/m1/s1. The zero-order valence-electron chi connectivity index (χ0n) is 17.0. The van der Waals surface area contributed by atoms with E-state index < -0.39 is 11.6 Å². The number of nitrogens with one attached hydrogen (secondary N) is 1. The molecule has 2 aromatic carbocycles. The van der Waals surface area contributed by atoms with Crippen molar-refractivity contribution in [2.45, 2.75) is 45.8 Å². The molecule has 0 spiro atoms. The molecule has 0 unspecified atom stereocenters. The first-order chi connectivity index (χ1) is 13.6. The van der Waals surface area contributed by atoms with Gasteiger partial charge < -0.3 is 15.0 Å². The van der Waals surface area contributed by atoms with Gasteiger partial charge in [0.25, 0.3) is 5.91 Å². The normalized spacial score (nSPS) is 12.2. The van der Waals surface area contributed by atoms with Crippen molar-refractivity contribution < 1.29 is 14.3 Å². The third kappa shape index (κ3) is 7.37. The summed E-state index contributed by atoms with van der Waals surface area (Å²) in [4.78, 5) is 27.2. The molecule has 7 heteroatoms. The Bertz CT molecular complexity index is 867. The van der Waals surface area contributed by atoms with Crippen molar-refractivity contribution >= 4 is 39.3 Å². The molecular weight excluding hydrogens is 456 g/mol. The van der Waals surface area contributed by atoms with Crippen molar-refractivity contribution in [2.75, 3.05) is 6.61 Å². The second kappa shape index (κ2) is 10.1. The molecule has 5 nitrogen and oxygen atoms in total. The lowest BCUT2D eigenvalue weighted by molar-refractivity contribution is -0.142. The fourth-order valence-electron chi connectivity index (χ4n) is 2.67. The first-order valence-corrected chi connectivity index (χ1v) is 10.5. The fraction of sp³-hybridized carbons (Fsp3) is 0.364. The predicted molar refractivity (Wildman–Crippen MR) is 119 cm³/mol. The van der Waals surface area contributed by atoms with E-state index in [0.29, 0.717) is 10.8 Å². The SMILES string of the molecule is C[C@H](C(=O)NC(C)(C)C)N(Cc1cccc(Br)c1)C(=O)COc1ccccc1Cl. The fourth-order valence-corrected chi connectivity index (χ4v) is 3.31. The Morgan fingerprint density at radius 2 is 1.86 bits per heavy atom. The van der Waals surface area contributed by atoms with Gasteiger partial charge in [-0.15, -0.1) is 0 Å². The van der Waals surface area contributed by atoms with Crippen LogP contribution in [0.1, 0.15) is 33.3 Å². The Morgan fingerprint density at radius 1 is 1.17 bits per heavy atom. The molecule has 1 N–H and O–H groups in total. The van der Waals surface area contributed by atoms with Crippen LogP contribution in [0.4, 0.5) is 0 Å². The summed E-state index contributed by atoms with van der Waals surface area (Å²) in [6.45, 7) is 7.48. The molecule has 0 radical (unpaired) electrons. The monoisotopic (exact) mass is 480 g/mol. The highest BCUT2D eigenvalue weighted by atomic mass is 79.9. The van der Waals surface area contributed by atoms with Crippen LogP contribution in [0.25, 0.3) is 0 Å². The van der Waals surface area contributed by atoms with Crippen LogP contribution >= 0.6 is 27.5 Å². The van der Waals surface area contributed by atoms with Gasteiger partial charge in [0, 0.05) is 16.6 Å². The van der Waals surface area contributed by atoms with Gasteiger partial charge in [-0.25, -0.2) is 0 Å². The second-order valence-corrected chi connectivity index (χ2v) is 9.11. The number of benzene rings is 2. The van der Waals surface area contributed by atoms with Gasteiger partial charge in [-0.1, -0.05) is 51.8 Å². The zero-order chi connectivity index (χ0) is 21.6. The van der Waals surface area contributed by atoms with Crippen molar-refractivity contribution in [3.05, 3.63) is 63.6 Å². The first kappa shape index (κ1) is 23.2. The molecule has 0 saturated carbocycles. The summed E-state index contributed by atoms with van der Waals surface area (Å²) in [5.41, 5.74) is 0.505. The van der Waals surface area contributed by atoms with Gasteiger partial charge in [-0.2, -0.15) is 0 Å². The van der Waals surface area contributed by atoms with E-state index in [1.54, 1.807) is 31.2 Å². The minimum atomic E-state index is -0.671. The van der Waals surface area contributed by atoms with Gasteiger partial charge in [-0.05, 0) is 57.5 Å². The van der Waals surface area contributed by atoms with E-state index in [2.05, 4.69) is 21.2 Å². The number of carbonyl (C=O) groups excluding carboxylic acids is 2. The van der Waals surface area contributed by atoms with Crippen molar-refractivity contribution in [3.8, 4) is 5.75 Å². The van der Waals surface area contributed by atoms with Crippen LogP contribution in [0.3, 0.4) is 0 Å². The quantitative estimate of drug-likeness (QED) is 0.617. The van der Waals surface area contributed by atoms with E-state index in [4.69, 9.17) is 16.3 Å². The third-order valence-electron chi connectivity index (χ3n) is 4.10. The Morgan fingerprint density at radius 3 is 2.48 bits per heavy atom. The Hall–Kier alpha value is -2.05. The number of carbonyl (C=O) groups is 2. The average molecular weight is 482 g/mol. The number of rotatable bonds is 7. The lowest BCUT2D eigenvalue weighted by atomic mass is 10.1. The van der Waals surface area contributed by atoms with Crippen LogP contribution in [0, 0.1) is 0 Å². The summed E-state index contributed by atoms with van der Waals surface area (Å²) in [5, 5.41) is 3.36. The van der Waals surface area contributed by atoms with E-state index in [0.717, 1.165) is 10.0 Å². The van der Waals surface area contributed by atoms with Gasteiger partial charge in [-0.3, -0.25) is 9.59 Å². The molecule has 0 aromatic heterocycles. The number of hydrogen-bond acceptors (Lipinski definition) is 3. The van der Waals surface area contributed by atoms with Gasteiger partial charge >= 0.3 is 0 Å². The number of para-hydroxylation sites is 1. The number of nitrogens with zero attached hydrogens (tertiary/aromatic N) is 1. The molecule has 0 bridgehead atoms. The van der Waals surface area contributed by atoms with Crippen LogP contribution in [-0.2, 0) is 16.1 Å². The van der Waals surface area contributed by atoms with Crippen molar-refractivity contribution in [3.63, 3.8) is 0 Å². The highest BCUT2D eigenvalue weighted by molar-refractivity contribution is 9.10. The van der Waals surface area contributed by atoms with Crippen molar-refractivity contribution in [1.82, 2.24) is 10.2 Å². The van der Waals surface area contributed by atoms with Crippen molar-refractivity contribution in [1.29, 1.82) is 0 Å². The number of hydrogen-bond donors (Lipinski definition) is 1. The molecule has 0 aliphatic heterocycles. The van der Waals surface area contributed by atoms with E-state index in [1.165, 1.54) is 4.90 Å². The van der Waals surface area contributed by atoms with Crippen LogP contribution < -0.4 is 10.1 Å². The molecule has 1 atom stereocenters. The van der Waals surface area contributed by atoms with E-state index in [-0.39, 0.29) is 25.0 Å². The Kier molecular flexibility index (Phi) is 8.11. The average Bonchev–Trinajstić information content (AvgIpc) is 2.63. The Balaban J connectivity index is 2.19. The summed E-state index contributed by atoms with van der Waals surface area (Å²) in [6.07, 6.45) is 0. The lowest BCUT2D eigenvalue weighted by Crippen LogP contribution is -2.53. The van der Waals surface area contributed by atoms with E-state index in [1.807, 2.05) is 45.0 Å². The molecule has 2 rings (SSSR count). The third-order valence-corrected chi connectivity index (χ3v) is 4.90. The predicted octanol–water partition coefficient (Wildman–Crippen LogP) is 4.81. The van der Waals surface area contributed by atoms with Gasteiger partial charge in [0.05, 0.1) is 5.02 Å². The maximum atomic E-state index is 13.0. The van der Waals surface area contributed by atoms with Gasteiger partial charge in [0.1, 0.15) is 11.8 Å². The van der Waals surface area contributed by atoms with Crippen LogP contribution in [-0.4, -0.2) is 34.9 Å². The highest BCUT2D eigenvalue weighted by Gasteiger charge is 2.28. The molecule has 2 amide bonds. The summed E-state index contributed by atoms with van der Waals surface area (Å²) >= 11 is 9.54. The first-order valence-electron chi connectivity index (χ1n) is 9.30. The molecule has 29 heavy (non-hydrogen) atoms. The molecule has 0 aliphatic carbocycles. The van der Waals surface area contributed by atoms with E-state index >= 15 is 0 Å². The molecule has 0 heterocycles. The summed E-state index contributed by atoms with van der Waals surface area (Å²) in [5.74, 6) is -0.100. The minimum Gasteiger partial charge on any atom is -0.482 e. The maximum absolute atomic E-state index is 13.0. The van der Waals surface area contributed by atoms with E-state index in [9.17, 15) is 9.59 Å². The summed E-state index contributed by atoms with van der Waals surface area (Å²) in [6, 6.07) is 13.9. The van der Waals surface area contributed by atoms with Gasteiger partial charge in [0.2, 0.25) is 5.91 Å².